The first kappa shape index (κ1) is 13.0. The van der Waals surface area contributed by atoms with E-state index in [2.05, 4.69) is 47.0 Å². The van der Waals surface area contributed by atoms with E-state index in [1.165, 1.54) is 35.7 Å². The maximum atomic E-state index is 6.02. The summed E-state index contributed by atoms with van der Waals surface area (Å²) in [6.45, 7) is 2.30. The van der Waals surface area contributed by atoms with Crippen LogP contribution in [0.15, 0.2) is 18.2 Å². The zero-order valence-corrected chi connectivity index (χ0v) is 12.5. The molecular weight excluding hydrogens is 323 g/mol. The van der Waals surface area contributed by atoms with Crippen LogP contribution in [0.3, 0.4) is 0 Å². The first-order valence-corrected chi connectivity index (χ1v) is 7.58. The Morgan fingerprint density at radius 1 is 1.29 bits per heavy atom. The van der Waals surface area contributed by atoms with Crippen molar-refractivity contribution in [3.63, 3.8) is 0 Å². The van der Waals surface area contributed by atoms with E-state index >= 15 is 0 Å². The molecule has 1 aliphatic rings. The number of nitrogens with one attached hydrogen (secondary N) is 1. The fraction of sp³-hybridized carbons (Fsp3) is 0.571. The summed E-state index contributed by atoms with van der Waals surface area (Å²) in [7, 11) is 0. The predicted molar refractivity (Wildman–Crippen MR) is 83.2 cm³/mol. The van der Waals surface area contributed by atoms with Gasteiger partial charge >= 0.3 is 0 Å². The van der Waals surface area contributed by atoms with Gasteiger partial charge in [0.25, 0.3) is 0 Å². The van der Waals surface area contributed by atoms with Crippen molar-refractivity contribution in [3.05, 3.63) is 21.8 Å². The largest absolute Gasteiger partial charge is 0.397 e. The van der Waals surface area contributed by atoms with E-state index in [-0.39, 0.29) is 0 Å². The molecule has 0 amide bonds. The zero-order valence-electron chi connectivity index (χ0n) is 10.4. The van der Waals surface area contributed by atoms with Gasteiger partial charge < -0.3 is 11.1 Å². The summed E-state index contributed by atoms with van der Waals surface area (Å²) in [5.41, 5.74) is 8.00. The van der Waals surface area contributed by atoms with Crippen molar-refractivity contribution in [2.24, 2.45) is 5.92 Å². The smallest absolute Gasteiger partial charge is 0.0576 e. The first-order chi connectivity index (χ1) is 8.19. The lowest BCUT2D eigenvalue weighted by Crippen LogP contribution is -2.26. The molecule has 3 heteroatoms. The normalized spacial score (nSPS) is 24.6. The molecule has 0 saturated heterocycles. The average molecular weight is 344 g/mol. The average Bonchev–Trinajstić information content (AvgIpc) is 2.34. The van der Waals surface area contributed by atoms with Crippen LogP contribution in [0.2, 0.25) is 0 Å². The molecule has 1 aromatic rings. The Labute approximate surface area is 117 Å². The van der Waals surface area contributed by atoms with Gasteiger partial charge in [-0.1, -0.05) is 13.3 Å². The molecule has 1 aliphatic carbocycles. The lowest BCUT2D eigenvalue weighted by atomic mass is 9.84. The van der Waals surface area contributed by atoms with Gasteiger partial charge in [0.1, 0.15) is 0 Å². The fourth-order valence-corrected chi connectivity index (χ4v) is 3.12. The second-order valence-electron chi connectivity index (χ2n) is 5.00. The Balaban J connectivity index is 1.93. The molecule has 0 atom stereocenters. The van der Waals surface area contributed by atoms with Gasteiger partial charge in [-0.15, -0.1) is 0 Å². The summed E-state index contributed by atoms with van der Waals surface area (Å²) in [4.78, 5) is 0. The van der Waals surface area contributed by atoms with Crippen molar-refractivity contribution < 1.29 is 0 Å². The number of anilines is 2. The topological polar surface area (TPSA) is 38.0 Å². The van der Waals surface area contributed by atoms with Crippen LogP contribution in [0.25, 0.3) is 0 Å². The first-order valence-electron chi connectivity index (χ1n) is 6.50. The maximum absolute atomic E-state index is 6.02. The number of benzene rings is 1. The molecule has 1 aromatic carbocycles. The molecule has 1 fully saturated rings. The highest BCUT2D eigenvalue weighted by Crippen LogP contribution is 2.30. The van der Waals surface area contributed by atoms with Crippen molar-refractivity contribution in [3.8, 4) is 0 Å². The van der Waals surface area contributed by atoms with Gasteiger partial charge in [-0.05, 0) is 72.4 Å². The van der Waals surface area contributed by atoms with Gasteiger partial charge in [-0.2, -0.15) is 0 Å². The van der Waals surface area contributed by atoms with E-state index in [0.29, 0.717) is 6.04 Å². The van der Waals surface area contributed by atoms with Crippen LogP contribution >= 0.6 is 22.6 Å². The molecule has 0 bridgehead atoms. The van der Waals surface area contributed by atoms with E-state index < -0.39 is 0 Å². The highest BCUT2D eigenvalue weighted by Gasteiger charge is 2.20. The number of hydrogen-bond donors (Lipinski definition) is 2. The van der Waals surface area contributed by atoms with Crippen molar-refractivity contribution in [2.75, 3.05) is 11.1 Å². The fourth-order valence-electron chi connectivity index (χ4n) is 2.60. The van der Waals surface area contributed by atoms with Gasteiger partial charge in [-0.3, -0.25) is 0 Å². The monoisotopic (exact) mass is 344 g/mol. The van der Waals surface area contributed by atoms with Crippen LogP contribution in [-0.2, 0) is 0 Å². The van der Waals surface area contributed by atoms with E-state index in [9.17, 15) is 0 Å². The maximum Gasteiger partial charge on any atom is 0.0576 e. The van der Waals surface area contributed by atoms with Crippen LogP contribution in [0, 0.1) is 9.49 Å². The van der Waals surface area contributed by atoms with Gasteiger partial charge in [-0.25, -0.2) is 0 Å². The molecule has 0 unspecified atom stereocenters. The minimum Gasteiger partial charge on any atom is -0.397 e. The molecule has 2 nitrogen and oxygen atoms in total. The van der Waals surface area contributed by atoms with Crippen molar-refractivity contribution in [1.82, 2.24) is 0 Å². The Morgan fingerprint density at radius 3 is 2.59 bits per heavy atom. The molecule has 94 valence electrons. The molecule has 0 radical (unpaired) electrons. The van der Waals surface area contributed by atoms with Crippen LogP contribution in [0.5, 0.6) is 0 Å². The summed E-state index contributed by atoms with van der Waals surface area (Å²) in [6.07, 6.45) is 6.61. The molecule has 17 heavy (non-hydrogen) atoms. The number of nitrogens with two attached hydrogens (primary N) is 1. The molecule has 0 spiro atoms. The van der Waals surface area contributed by atoms with Crippen LogP contribution in [0.4, 0.5) is 11.4 Å². The predicted octanol–water partition coefficient (Wildman–Crippen LogP) is 4.25. The molecule has 3 N–H and O–H groups in total. The standard InChI is InChI=1S/C14H21IN2/c1-2-10-3-6-12(7-4-10)17-14-8-5-11(15)9-13(14)16/h5,8-10,12,17H,2-4,6-7,16H2,1H3. The second kappa shape index (κ2) is 5.94. The number of hydrogen-bond acceptors (Lipinski definition) is 2. The second-order valence-corrected chi connectivity index (χ2v) is 6.25. The third kappa shape index (κ3) is 3.50. The van der Waals surface area contributed by atoms with Gasteiger partial charge in [0.05, 0.1) is 11.4 Å². The van der Waals surface area contributed by atoms with Gasteiger partial charge in [0.15, 0.2) is 0 Å². The molecule has 0 aromatic heterocycles. The van der Waals surface area contributed by atoms with Crippen molar-refractivity contribution >= 4 is 34.0 Å². The SMILES string of the molecule is CCC1CCC(Nc2ccc(I)cc2N)CC1. The number of nitrogen functional groups attached to an aromatic ring is 1. The highest BCUT2D eigenvalue weighted by molar-refractivity contribution is 14.1. The summed E-state index contributed by atoms with van der Waals surface area (Å²) in [5.74, 6) is 0.946. The Kier molecular flexibility index (Phi) is 4.54. The van der Waals surface area contributed by atoms with E-state index in [1.807, 2.05) is 6.07 Å². The molecule has 0 aliphatic heterocycles. The van der Waals surface area contributed by atoms with Crippen LogP contribution in [-0.4, -0.2) is 6.04 Å². The van der Waals surface area contributed by atoms with Crippen molar-refractivity contribution in [2.45, 2.75) is 45.1 Å². The number of rotatable bonds is 3. The third-order valence-electron chi connectivity index (χ3n) is 3.80. The molecule has 1 saturated carbocycles. The van der Waals surface area contributed by atoms with Crippen LogP contribution < -0.4 is 11.1 Å². The lowest BCUT2D eigenvalue weighted by molar-refractivity contribution is 0.330. The minimum atomic E-state index is 0.611. The summed E-state index contributed by atoms with van der Waals surface area (Å²) < 4.78 is 1.19. The minimum absolute atomic E-state index is 0.611. The van der Waals surface area contributed by atoms with Gasteiger partial charge in [0.2, 0.25) is 0 Å². The quantitative estimate of drug-likeness (QED) is 0.635. The Hall–Kier alpha value is -0.450. The zero-order chi connectivity index (χ0) is 12.3. The summed E-state index contributed by atoms with van der Waals surface area (Å²) in [5, 5.41) is 3.59. The molecular formula is C14H21IN2. The molecule has 0 heterocycles. The lowest BCUT2D eigenvalue weighted by Gasteiger charge is -2.29. The van der Waals surface area contributed by atoms with E-state index in [0.717, 1.165) is 17.3 Å². The summed E-state index contributed by atoms with van der Waals surface area (Å²) in [6, 6.07) is 6.85. The Morgan fingerprint density at radius 2 is 2.00 bits per heavy atom. The third-order valence-corrected chi connectivity index (χ3v) is 4.47. The van der Waals surface area contributed by atoms with E-state index in [4.69, 9.17) is 5.73 Å². The Bertz CT molecular complexity index is 370. The van der Waals surface area contributed by atoms with Crippen LogP contribution in [0.1, 0.15) is 39.0 Å². The van der Waals surface area contributed by atoms with E-state index in [1.54, 1.807) is 0 Å². The highest BCUT2D eigenvalue weighted by atomic mass is 127. The molecule has 2 rings (SSSR count). The number of halogens is 1. The summed E-state index contributed by atoms with van der Waals surface area (Å²) >= 11 is 2.29. The van der Waals surface area contributed by atoms with Crippen molar-refractivity contribution in [1.29, 1.82) is 0 Å². The van der Waals surface area contributed by atoms with Gasteiger partial charge in [0, 0.05) is 9.61 Å².